The number of piperazine rings is 1. The van der Waals surface area contributed by atoms with Gasteiger partial charge < -0.3 is 18.6 Å². The molecular formula is C17H20N6O2. The van der Waals surface area contributed by atoms with Crippen LogP contribution in [0.25, 0.3) is 0 Å². The van der Waals surface area contributed by atoms with E-state index in [1.807, 2.05) is 24.3 Å². The SMILES string of the molecule is CC1CN(/C=N/N=C/c2ccco2)CCN1/C=N/N=C/c1ccco1. The number of hydrogen-bond acceptors (Lipinski definition) is 6. The van der Waals surface area contributed by atoms with E-state index in [0.29, 0.717) is 17.6 Å². The molecule has 3 rings (SSSR count). The summed E-state index contributed by atoms with van der Waals surface area (Å²) in [7, 11) is 0. The van der Waals surface area contributed by atoms with Crippen LogP contribution in [0.5, 0.6) is 0 Å². The van der Waals surface area contributed by atoms with Gasteiger partial charge in [0.25, 0.3) is 0 Å². The predicted molar refractivity (Wildman–Crippen MR) is 97.3 cm³/mol. The molecule has 8 heteroatoms. The minimum absolute atomic E-state index is 0.303. The summed E-state index contributed by atoms with van der Waals surface area (Å²) in [6.07, 6.45) is 9.88. The molecule has 0 spiro atoms. The fraction of sp³-hybridized carbons (Fsp3) is 0.294. The van der Waals surface area contributed by atoms with Crippen molar-refractivity contribution in [2.24, 2.45) is 20.4 Å². The lowest BCUT2D eigenvalue weighted by Gasteiger charge is -2.37. The molecule has 1 aliphatic rings. The highest BCUT2D eigenvalue weighted by molar-refractivity contribution is 5.76. The third-order valence-corrected chi connectivity index (χ3v) is 3.71. The van der Waals surface area contributed by atoms with Gasteiger partial charge in [0.2, 0.25) is 0 Å². The van der Waals surface area contributed by atoms with Crippen LogP contribution < -0.4 is 0 Å². The van der Waals surface area contributed by atoms with Crippen LogP contribution in [-0.4, -0.2) is 60.6 Å². The smallest absolute Gasteiger partial charge is 0.146 e. The van der Waals surface area contributed by atoms with Crippen LogP contribution in [-0.2, 0) is 0 Å². The molecule has 8 nitrogen and oxygen atoms in total. The van der Waals surface area contributed by atoms with Gasteiger partial charge in [-0.3, -0.25) is 0 Å². The van der Waals surface area contributed by atoms with Crippen molar-refractivity contribution < 1.29 is 8.83 Å². The summed E-state index contributed by atoms with van der Waals surface area (Å²) in [4.78, 5) is 4.27. The Labute approximate surface area is 145 Å². The molecule has 0 N–H and O–H groups in total. The normalized spacial score (nSPS) is 19.3. The van der Waals surface area contributed by atoms with Crippen molar-refractivity contribution in [3.63, 3.8) is 0 Å². The van der Waals surface area contributed by atoms with Crippen molar-refractivity contribution in [2.75, 3.05) is 19.6 Å². The van der Waals surface area contributed by atoms with E-state index >= 15 is 0 Å². The molecule has 2 aromatic heterocycles. The summed E-state index contributed by atoms with van der Waals surface area (Å²) >= 11 is 0. The van der Waals surface area contributed by atoms with Gasteiger partial charge in [-0.2, -0.15) is 10.2 Å². The second kappa shape index (κ2) is 8.62. The Balaban J connectivity index is 1.44. The van der Waals surface area contributed by atoms with E-state index in [2.05, 4.69) is 37.1 Å². The first-order valence-corrected chi connectivity index (χ1v) is 8.01. The lowest BCUT2D eigenvalue weighted by molar-refractivity contribution is 0.204. The van der Waals surface area contributed by atoms with Crippen molar-refractivity contribution in [2.45, 2.75) is 13.0 Å². The van der Waals surface area contributed by atoms with Crippen LogP contribution in [0.4, 0.5) is 0 Å². The predicted octanol–water partition coefficient (Wildman–Crippen LogP) is 2.30. The summed E-state index contributed by atoms with van der Waals surface area (Å²) in [5, 5.41) is 16.1. The van der Waals surface area contributed by atoms with Gasteiger partial charge in [-0.05, 0) is 31.2 Å². The van der Waals surface area contributed by atoms with E-state index in [1.54, 1.807) is 37.6 Å². The summed E-state index contributed by atoms with van der Waals surface area (Å²) in [5.41, 5.74) is 0. The monoisotopic (exact) mass is 340 g/mol. The average molecular weight is 340 g/mol. The van der Waals surface area contributed by atoms with Crippen LogP contribution in [0.1, 0.15) is 18.4 Å². The van der Waals surface area contributed by atoms with Gasteiger partial charge in [0, 0.05) is 25.7 Å². The lowest BCUT2D eigenvalue weighted by Crippen LogP contribution is -2.50. The number of nitrogens with zero attached hydrogens (tertiary/aromatic N) is 6. The number of furan rings is 2. The molecular weight excluding hydrogens is 320 g/mol. The minimum Gasteiger partial charge on any atom is -0.463 e. The highest BCUT2D eigenvalue weighted by atomic mass is 16.3. The highest BCUT2D eigenvalue weighted by Crippen LogP contribution is 2.06. The van der Waals surface area contributed by atoms with E-state index in [1.165, 1.54) is 0 Å². The van der Waals surface area contributed by atoms with Crippen LogP contribution in [0, 0.1) is 0 Å². The van der Waals surface area contributed by atoms with Crippen LogP contribution in [0.2, 0.25) is 0 Å². The summed E-state index contributed by atoms with van der Waals surface area (Å²) in [6, 6.07) is 7.58. The van der Waals surface area contributed by atoms with Gasteiger partial charge in [-0.1, -0.05) is 0 Å². The van der Waals surface area contributed by atoms with Crippen LogP contribution in [0.3, 0.4) is 0 Å². The Morgan fingerprint density at radius 3 is 2.12 bits per heavy atom. The average Bonchev–Trinajstić information content (AvgIpc) is 3.31. The Kier molecular flexibility index (Phi) is 5.76. The van der Waals surface area contributed by atoms with Crippen LogP contribution >= 0.6 is 0 Å². The fourth-order valence-electron chi connectivity index (χ4n) is 2.39. The Morgan fingerprint density at radius 1 is 0.920 bits per heavy atom. The summed E-state index contributed by atoms with van der Waals surface area (Å²) in [6.45, 7) is 4.66. The third-order valence-electron chi connectivity index (χ3n) is 3.71. The number of hydrogen-bond donors (Lipinski definition) is 0. The van der Waals surface area contributed by atoms with Gasteiger partial charge in [0.1, 0.15) is 24.2 Å². The molecule has 0 aliphatic carbocycles. The summed E-state index contributed by atoms with van der Waals surface area (Å²) in [5.74, 6) is 1.36. The molecule has 1 unspecified atom stereocenters. The van der Waals surface area contributed by atoms with E-state index in [0.717, 1.165) is 19.6 Å². The highest BCUT2D eigenvalue weighted by Gasteiger charge is 2.19. The molecule has 130 valence electrons. The van der Waals surface area contributed by atoms with E-state index < -0.39 is 0 Å². The second-order valence-electron chi connectivity index (χ2n) is 5.56. The van der Waals surface area contributed by atoms with E-state index in [4.69, 9.17) is 8.83 Å². The Hall–Kier alpha value is -3.16. The maximum Gasteiger partial charge on any atom is 0.146 e. The topological polar surface area (TPSA) is 82.2 Å². The molecule has 0 aromatic carbocycles. The lowest BCUT2D eigenvalue weighted by atomic mass is 10.2. The quantitative estimate of drug-likeness (QED) is 0.459. The van der Waals surface area contributed by atoms with Gasteiger partial charge >= 0.3 is 0 Å². The second-order valence-corrected chi connectivity index (χ2v) is 5.56. The van der Waals surface area contributed by atoms with Crippen LogP contribution in [0.15, 0.2) is 66.0 Å². The fourth-order valence-corrected chi connectivity index (χ4v) is 2.39. The first-order chi connectivity index (χ1) is 12.3. The van der Waals surface area contributed by atoms with E-state index in [-0.39, 0.29) is 0 Å². The van der Waals surface area contributed by atoms with Gasteiger partial charge in [0.15, 0.2) is 0 Å². The maximum absolute atomic E-state index is 5.16. The molecule has 0 amide bonds. The standard InChI is InChI=1S/C17H20N6O2/c1-15-12-22(13-20-18-10-16-4-2-8-24-16)6-7-23(15)14-21-19-11-17-5-3-9-25-17/h2-5,8-11,13-15H,6-7,12H2,1H3/b18-10+,19-11+,20-13+,21-14+. The van der Waals surface area contributed by atoms with Crippen molar-refractivity contribution >= 4 is 25.1 Å². The van der Waals surface area contributed by atoms with Gasteiger partial charge in [-0.25, -0.2) is 0 Å². The zero-order valence-electron chi connectivity index (χ0n) is 14.0. The summed E-state index contributed by atoms with van der Waals surface area (Å²) < 4.78 is 10.3. The van der Waals surface area contributed by atoms with Crippen molar-refractivity contribution in [1.82, 2.24) is 9.80 Å². The zero-order valence-corrected chi connectivity index (χ0v) is 14.0. The van der Waals surface area contributed by atoms with Gasteiger partial charge in [-0.15, -0.1) is 10.2 Å². The molecule has 0 radical (unpaired) electrons. The third kappa shape index (κ3) is 5.17. The molecule has 1 fully saturated rings. The number of rotatable bonds is 6. The molecule has 1 aliphatic heterocycles. The molecule has 0 bridgehead atoms. The Bertz CT molecular complexity index is 733. The van der Waals surface area contributed by atoms with Gasteiger partial charge in [0.05, 0.1) is 25.0 Å². The molecule has 1 saturated heterocycles. The minimum atomic E-state index is 0.303. The zero-order chi connectivity index (χ0) is 17.3. The van der Waals surface area contributed by atoms with Crippen molar-refractivity contribution in [3.8, 4) is 0 Å². The first kappa shape index (κ1) is 16.7. The van der Waals surface area contributed by atoms with Crippen molar-refractivity contribution in [3.05, 3.63) is 48.3 Å². The Morgan fingerprint density at radius 2 is 1.56 bits per heavy atom. The molecule has 0 saturated carbocycles. The molecule has 2 aromatic rings. The molecule has 1 atom stereocenters. The van der Waals surface area contributed by atoms with Crippen molar-refractivity contribution in [1.29, 1.82) is 0 Å². The maximum atomic E-state index is 5.16. The molecule has 25 heavy (non-hydrogen) atoms. The largest absolute Gasteiger partial charge is 0.463 e. The van der Waals surface area contributed by atoms with E-state index in [9.17, 15) is 0 Å². The first-order valence-electron chi connectivity index (χ1n) is 8.01. The molecule has 3 heterocycles.